The Morgan fingerprint density at radius 1 is 0.727 bits per heavy atom. The molecule has 4 aromatic rings. The molecule has 5 nitrogen and oxygen atoms in total. The van der Waals surface area contributed by atoms with Crippen LogP contribution in [0.2, 0.25) is 10.0 Å². The van der Waals surface area contributed by atoms with Gasteiger partial charge >= 0.3 is 5.97 Å². The van der Waals surface area contributed by atoms with Crippen molar-refractivity contribution in [2.75, 3.05) is 5.32 Å². The van der Waals surface area contributed by atoms with Crippen LogP contribution in [0, 0.1) is 0 Å². The molecule has 0 aliphatic carbocycles. The highest BCUT2D eigenvalue weighted by Crippen LogP contribution is 2.29. The van der Waals surface area contributed by atoms with E-state index in [1.54, 1.807) is 24.3 Å². The molecule has 0 saturated heterocycles. The summed E-state index contributed by atoms with van der Waals surface area (Å²) in [6.07, 6.45) is 0. The maximum absolute atomic E-state index is 12.6. The maximum Gasteiger partial charge on any atom is 0.337 e. The van der Waals surface area contributed by atoms with E-state index in [1.165, 1.54) is 24.3 Å². The monoisotopic (exact) mass is 477 g/mol. The SMILES string of the molecule is O=C(Nc1ccc(-c2ccc(Oc3ccccc3)cc2)cc1C(=O)O)c1ccc(Cl)cc1Cl. The van der Waals surface area contributed by atoms with Gasteiger partial charge in [0.2, 0.25) is 0 Å². The van der Waals surface area contributed by atoms with E-state index < -0.39 is 11.9 Å². The summed E-state index contributed by atoms with van der Waals surface area (Å²) in [5.41, 5.74) is 1.79. The van der Waals surface area contributed by atoms with Crippen LogP contribution in [0.1, 0.15) is 20.7 Å². The Morgan fingerprint density at radius 3 is 2.06 bits per heavy atom. The van der Waals surface area contributed by atoms with Crippen molar-refractivity contribution in [1.29, 1.82) is 0 Å². The molecule has 4 rings (SSSR count). The van der Waals surface area contributed by atoms with E-state index in [4.69, 9.17) is 27.9 Å². The van der Waals surface area contributed by atoms with E-state index in [-0.39, 0.29) is 21.8 Å². The number of ether oxygens (including phenoxy) is 1. The summed E-state index contributed by atoms with van der Waals surface area (Å²) in [5.74, 6) is -0.320. The first-order valence-electron chi connectivity index (χ1n) is 9.88. The van der Waals surface area contributed by atoms with Crippen molar-refractivity contribution in [1.82, 2.24) is 0 Å². The molecule has 0 aliphatic heterocycles. The smallest absolute Gasteiger partial charge is 0.337 e. The molecule has 0 unspecified atom stereocenters. The van der Waals surface area contributed by atoms with Gasteiger partial charge in [-0.3, -0.25) is 4.79 Å². The number of aromatic carboxylic acids is 1. The van der Waals surface area contributed by atoms with E-state index >= 15 is 0 Å². The highest BCUT2D eigenvalue weighted by Gasteiger charge is 2.17. The third-order valence-corrected chi connectivity index (χ3v) is 5.39. The first kappa shape index (κ1) is 22.4. The molecular formula is C26H17Cl2NO4. The Balaban J connectivity index is 1.57. The summed E-state index contributed by atoms with van der Waals surface area (Å²) in [5, 5.41) is 12.9. The van der Waals surface area contributed by atoms with Crippen molar-refractivity contribution >= 4 is 40.8 Å². The van der Waals surface area contributed by atoms with Gasteiger partial charge in [0.15, 0.2) is 0 Å². The molecule has 0 radical (unpaired) electrons. The third kappa shape index (κ3) is 5.34. The lowest BCUT2D eigenvalue weighted by Crippen LogP contribution is -2.15. The quantitative estimate of drug-likeness (QED) is 0.303. The fourth-order valence-electron chi connectivity index (χ4n) is 3.21. The van der Waals surface area contributed by atoms with E-state index in [2.05, 4.69) is 5.32 Å². The average molecular weight is 478 g/mol. The molecule has 4 aromatic carbocycles. The number of carboxylic acid groups (broad SMARTS) is 1. The number of carbonyl (C=O) groups is 2. The minimum Gasteiger partial charge on any atom is -0.478 e. The number of carbonyl (C=O) groups excluding carboxylic acids is 1. The molecule has 0 aromatic heterocycles. The molecule has 2 N–H and O–H groups in total. The molecular weight excluding hydrogens is 461 g/mol. The molecule has 0 heterocycles. The number of amides is 1. The molecule has 7 heteroatoms. The predicted octanol–water partition coefficient (Wildman–Crippen LogP) is 7.40. The van der Waals surface area contributed by atoms with Crippen LogP contribution in [0.3, 0.4) is 0 Å². The van der Waals surface area contributed by atoms with Gasteiger partial charge in [0.05, 0.1) is 21.8 Å². The first-order chi connectivity index (χ1) is 15.9. The van der Waals surface area contributed by atoms with Gasteiger partial charge in [0, 0.05) is 5.02 Å². The largest absolute Gasteiger partial charge is 0.478 e. The third-order valence-electron chi connectivity index (χ3n) is 4.84. The topological polar surface area (TPSA) is 75.6 Å². The normalized spacial score (nSPS) is 10.5. The minimum absolute atomic E-state index is 0.0458. The Kier molecular flexibility index (Phi) is 6.63. The lowest BCUT2D eigenvalue weighted by Gasteiger charge is -2.12. The lowest BCUT2D eigenvalue weighted by atomic mass is 10.0. The Bertz CT molecular complexity index is 1320. The second-order valence-electron chi connectivity index (χ2n) is 7.08. The van der Waals surface area contributed by atoms with Crippen molar-refractivity contribution in [3.8, 4) is 22.6 Å². The van der Waals surface area contributed by atoms with Gasteiger partial charge in [-0.25, -0.2) is 4.79 Å². The zero-order chi connectivity index (χ0) is 23.4. The van der Waals surface area contributed by atoms with Gasteiger partial charge < -0.3 is 15.2 Å². The van der Waals surface area contributed by atoms with E-state index in [9.17, 15) is 14.7 Å². The van der Waals surface area contributed by atoms with Crippen molar-refractivity contribution in [2.24, 2.45) is 0 Å². The summed E-state index contributed by atoms with van der Waals surface area (Å²) in [4.78, 5) is 24.5. The van der Waals surface area contributed by atoms with Crippen LogP contribution in [0.15, 0.2) is 91.0 Å². The van der Waals surface area contributed by atoms with Crippen LogP contribution in [-0.4, -0.2) is 17.0 Å². The highest BCUT2D eigenvalue weighted by molar-refractivity contribution is 6.37. The van der Waals surface area contributed by atoms with Crippen LogP contribution in [0.4, 0.5) is 5.69 Å². The summed E-state index contributed by atoms with van der Waals surface area (Å²) >= 11 is 12.0. The lowest BCUT2D eigenvalue weighted by molar-refractivity contribution is 0.0698. The number of rotatable bonds is 6. The van der Waals surface area contributed by atoms with Gasteiger partial charge in [-0.15, -0.1) is 0 Å². The van der Waals surface area contributed by atoms with Crippen molar-refractivity contribution < 1.29 is 19.4 Å². The zero-order valence-electron chi connectivity index (χ0n) is 17.1. The van der Waals surface area contributed by atoms with Crippen molar-refractivity contribution in [2.45, 2.75) is 0 Å². The summed E-state index contributed by atoms with van der Waals surface area (Å²) in [6, 6.07) is 25.9. The summed E-state index contributed by atoms with van der Waals surface area (Å²) in [7, 11) is 0. The summed E-state index contributed by atoms with van der Waals surface area (Å²) in [6.45, 7) is 0. The van der Waals surface area contributed by atoms with Crippen LogP contribution in [0.25, 0.3) is 11.1 Å². The molecule has 0 fully saturated rings. The van der Waals surface area contributed by atoms with E-state index in [1.807, 2.05) is 42.5 Å². The standard InChI is InChI=1S/C26H17Cl2NO4/c27-18-9-12-21(23(28)15-18)25(30)29-24-13-8-17(14-22(24)26(31)32)16-6-10-20(11-7-16)33-19-4-2-1-3-5-19/h1-15H,(H,29,30)(H,31,32). The van der Waals surface area contributed by atoms with Gasteiger partial charge in [0.25, 0.3) is 5.91 Å². The Labute approximate surface area is 200 Å². The molecule has 164 valence electrons. The number of benzene rings is 4. The number of hydrogen-bond donors (Lipinski definition) is 2. The van der Waals surface area contributed by atoms with E-state index in [0.29, 0.717) is 16.3 Å². The first-order valence-corrected chi connectivity index (χ1v) is 10.6. The second kappa shape index (κ2) is 9.77. The van der Waals surface area contributed by atoms with Crippen molar-refractivity contribution in [3.05, 3.63) is 112 Å². The molecule has 0 spiro atoms. The number of anilines is 1. The molecule has 33 heavy (non-hydrogen) atoms. The zero-order valence-corrected chi connectivity index (χ0v) is 18.6. The van der Waals surface area contributed by atoms with Crippen LogP contribution in [-0.2, 0) is 0 Å². The van der Waals surface area contributed by atoms with Crippen LogP contribution < -0.4 is 10.1 Å². The highest BCUT2D eigenvalue weighted by atomic mass is 35.5. The Hall–Kier alpha value is -3.80. The molecule has 0 bridgehead atoms. The second-order valence-corrected chi connectivity index (χ2v) is 7.93. The van der Waals surface area contributed by atoms with Gasteiger partial charge in [-0.2, -0.15) is 0 Å². The number of hydrogen-bond acceptors (Lipinski definition) is 3. The van der Waals surface area contributed by atoms with E-state index in [0.717, 1.165) is 11.3 Å². The molecule has 1 amide bonds. The molecule has 0 aliphatic rings. The van der Waals surface area contributed by atoms with Crippen molar-refractivity contribution in [3.63, 3.8) is 0 Å². The minimum atomic E-state index is -1.17. The fraction of sp³-hybridized carbons (Fsp3) is 0. The number of para-hydroxylation sites is 1. The fourth-order valence-corrected chi connectivity index (χ4v) is 3.71. The Morgan fingerprint density at radius 2 is 1.39 bits per heavy atom. The van der Waals surface area contributed by atoms with Gasteiger partial charge in [-0.05, 0) is 65.7 Å². The predicted molar refractivity (Wildman–Crippen MR) is 130 cm³/mol. The number of nitrogens with one attached hydrogen (secondary N) is 1. The van der Waals surface area contributed by atoms with Gasteiger partial charge in [-0.1, -0.05) is 59.6 Å². The molecule has 0 atom stereocenters. The average Bonchev–Trinajstić information content (AvgIpc) is 2.80. The summed E-state index contributed by atoms with van der Waals surface area (Å²) < 4.78 is 5.79. The number of carboxylic acids is 1. The van der Waals surface area contributed by atoms with Crippen LogP contribution >= 0.6 is 23.2 Å². The number of halogens is 2. The maximum atomic E-state index is 12.6. The van der Waals surface area contributed by atoms with Crippen LogP contribution in [0.5, 0.6) is 11.5 Å². The van der Waals surface area contributed by atoms with Gasteiger partial charge in [0.1, 0.15) is 11.5 Å². The molecule has 0 saturated carbocycles.